The second-order valence-corrected chi connectivity index (χ2v) is 13.1. The summed E-state index contributed by atoms with van der Waals surface area (Å²) in [6, 6.07) is 7.54. The lowest BCUT2D eigenvalue weighted by atomic mass is 9.98. The number of carbonyl (C=O) groups excluding carboxylic acids is 4. The van der Waals surface area contributed by atoms with Crippen molar-refractivity contribution in [2.45, 2.75) is 89.8 Å². The Balaban J connectivity index is 1.54. The fourth-order valence-corrected chi connectivity index (χ4v) is 5.52. The van der Waals surface area contributed by atoms with E-state index in [1.165, 1.54) is 5.01 Å². The molecule has 1 spiro atoms. The Morgan fingerprint density at radius 2 is 1.69 bits per heavy atom. The molecular weight excluding hydrogens is 578 g/mol. The first kappa shape index (κ1) is 32.5. The van der Waals surface area contributed by atoms with E-state index >= 15 is 0 Å². The lowest BCUT2D eigenvalue weighted by Crippen LogP contribution is -2.61. The SMILES string of the molecule is CC1NC(=O)C(C(C)C)OC(=O)C2(C=Cc3ccc4ccc(nc4c3)C(C)NC(=O)C3CCCN(N3)C1=O)COC(C)(C)CO2. The number of rotatable bonds is 1. The zero-order valence-electron chi connectivity index (χ0n) is 26.7. The molecule has 12 heteroatoms. The first-order valence-corrected chi connectivity index (χ1v) is 15.5. The average Bonchev–Trinajstić information content (AvgIpc) is 3.01. The van der Waals surface area contributed by atoms with Gasteiger partial charge in [0, 0.05) is 11.9 Å². The van der Waals surface area contributed by atoms with Crippen LogP contribution in [0.5, 0.6) is 0 Å². The van der Waals surface area contributed by atoms with Crippen molar-refractivity contribution in [3.8, 4) is 0 Å². The third kappa shape index (κ3) is 7.18. The molecular formula is C33H43N5O7. The van der Waals surface area contributed by atoms with E-state index in [2.05, 4.69) is 16.1 Å². The summed E-state index contributed by atoms with van der Waals surface area (Å²) in [5.41, 5.74) is 2.93. The Labute approximate surface area is 263 Å². The quantitative estimate of drug-likeness (QED) is 0.409. The summed E-state index contributed by atoms with van der Waals surface area (Å²) in [5.74, 6) is -2.46. The molecule has 12 nitrogen and oxygen atoms in total. The summed E-state index contributed by atoms with van der Waals surface area (Å²) in [7, 11) is 0. The Hall–Kier alpha value is -3.87. The first-order chi connectivity index (χ1) is 21.3. The number of carbonyl (C=O) groups is 4. The maximum atomic E-state index is 13.8. The zero-order valence-corrected chi connectivity index (χ0v) is 26.7. The summed E-state index contributed by atoms with van der Waals surface area (Å²) < 4.78 is 18.0. The van der Waals surface area contributed by atoms with E-state index in [0.29, 0.717) is 30.6 Å². The lowest BCUT2D eigenvalue weighted by Gasteiger charge is -2.41. The van der Waals surface area contributed by atoms with Gasteiger partial charge in [-0.25, -0.2) is 10.2 Å². The number of cyclic esters (lactones) is 1. The Morgan fingerprint density at radius 1 is 0.956 bits per heavy atom. The van der Waals surface area contributed by atoms with Crippen LogP contribution < -0.4 is 16.1 Å². The van der Waals surface area contributed by atoms with E-state index in [9.17, 15) is 19.2 Å². The van der Waals surface area contributed by atoms with Gasteiger partial charge in [-0.15, -0.1) is 0 Å². The minimum Gasteiger partial charge on any atom is -0.450 e. The Kier molecular flexibility index (Phi) is 9.29. The maximum Gasteiger partial charge on any atom is 0.345 e. The molecule has 0 aliphatic carbocycles. The van der Waals surface area contributed by atoms with E-state index in [1.807, 2.05) is 51.1 Å². The van der Waals surface area contributed by atoms with Crippen molar-refractivity contribution in [1.29, 1.82) is 0 Å². The molecule has 2 aromatic rings. The molecule has 3 aliphatic rings. The van der Waals surface area contributed by atoms with Gasteiger partial charge in [-0.1, -0.05) is 38.1 Å². The van der Waals surface area contributed by atoms with E-state index in [4.69, 9.17) is 19.2 Å². The number of hydrogen-bond acceptors (Lipinski definition) is 9. The highest BCUT2D eigenvalue weighted by Crippen LogP contribution is 2.30. The van der Waals surface area contributed by atoms with Crippen LogP contribution in [0.2, 0.25) is 0 Å². The molecule has 0 saturated carbocycles. The van der Waals surface area contributed by atoms with E-state index in [1.54, 1.807) is 32.9 Å². The van der Waals surface area contributed by atoms with Gasteiger partial charge < -0.3 is 24.8 Å². The summed E-state index contributed by atoms with van der Waals surface area (Å²) in [4.78, 5) is 58.7. The normalized spacial score (nSPS) is 29.9. The van der Waals surface area contributed by atoms with Gasteiger partial charge in [-0.2, -0.15) is 0 Å². The second-order valence-electron chi connectivity index (χ2n) is 13.1. The molecule has 5 bridgehead atoms. The van der Waals surface area contributed by atoms with Crippen LogP contribution in [0.4, 0.5) is 0 Å². The lowest BCUT2D eigenvalue weighted by molar-refractivity contribution is -0.224. The van der Waals surface area contributed by atoms with Crippen LogP contribution in [0, 0.1) is 5.92 Å². The van der Waals surface area contributed by atoms with Crippen molar-refractivity contribution in [3.63, 3.8) is 0 Å². The first-order valence-electron chi connectivity index (χ1n) is 15.5. The molecule has 1 aromatic heterocycles. The summed E-state index contributed by atoms with van der Waals surface area (Å²) >= 11 is 0. The Bertz CT molecular complexity index is 1500. The number of hydrazine groups is 1. The van der Waals surface area contributed by atoms with Gasteiger partial charge in [-0.05, 0) is 70.2 Å². The molecule has 45 heavy (non-hydrogen) atoms. The maximum absolute atomic E-state index is 13.8. The number of ether oxygens (including phenoxy) is 3. The molecule has 2 saturated heterocycles. The average molecular weight is 622 g/mol. The van der Waals surface area contributed by atoms with Crippen LogP contribution in [0.15, 0.2) is 36.4 Å². The molecule has 2 fully saturated rings. The fraction of sp³-hybridized carbons (Fsp3) is 0.545. The van der Waals surface area contributed by atoms with Gasteiger partial charge in [0.15, 0.2) is 6.10 Å². The van der Waals surface area contributed by atoms with Crippen LogP contribution >= 0.6 is 0 Å². The predicted molar refractivity (Wildman–Crippen MR) is 166 cm³/mol. The van der Waals surface area contributed by atoms with Crippen molar-refractivity contribution in [1.82, 2.24) is 26.1 Å². The number of aromatic nitrogens is 1. The highest BCUT2D eigenvalue weighted by molar-refractivity contribution is 5.92. The monoisotopic (exact) mass is 621 g/mol. The van der Waals surface area contributed by atoms with Gasteiger partial charge in [0.25, 0.3) is 11.8 Å². The molecule has 242 valence electrons. The van der Waals surface area contributed by atoms with Gasteiger partial charge >= 0.3 is 5.97 Å². The van der Waals surface area contributed by atoms with E-state index < -0.39 is 59.1 Å². The van der Waals surface area contributed by atoms with Gasteiger partial charge in [0.1, 0.15) is 12.1 Å². The fourth-order valence-electron chi connectivity index (χ4n) is 5.52. The Morgan fingerprint density at radius 3 is 2.40 bits per heavy atom. The molecule has 3 aliphatic heterocycles. The largest absolute Gasteiger partial charge is 0.450 e. The number of nitrogens with zero attached hydrogens (tertiary/aromatic N) is 2. The van der Waals surface area contributed by atoms with Gasteiger partial charge in [-0.3, -0.25) is 24.4 Å². The number of esters is 1. The summed E-state index contributed by atoms with van der Waals surface area (Å²) in [6.07, 6.45) is 3.28. The van der Waals surface area contributed by atoms with Crippen molar-refractivity contribution in [2.24, 2.45) is 5.92 Å². The zero-order chi connectivity index (χ0) is 32.5. The van der Waals surface area contributed by atoms with Crippen LogP contribution in [-0.4, -0.2) is 82.8 Å². The van der Waals surface area contributed by atoms with Crippen LogP contribution in [0.3, 0.4) is 0 Å². The number of pyridine rings is 1. The number of benzene rings is 1. The predicted octanol–water partition coefficient (Wildman–Crippen LogP) is 2.57. The highest BCUT2D eigenvalue weighted by atomic mass is 16.6. The number of amides is 3. The molecule has 3 N–H and O–H groups in total. The summed E-state index contributed by atoms with van der Waals surface area (Å²) in [6.45, 7) is 11.0. The smallest absolute Gasteiger partial charge is 0.345 e. The third-order valence-corrected chi connectivity index (χ3v) is 8.38. The second kappa shape index (κ2) is 12.9. The van der Waals surface area contributed by atoms with E-state index in [-0.39, 0.29) is 19.1 Å². The molecule has 4 heterocycles. The minimum atomic E-state index is -1.61. The molecule has 3 amide bonds. The minimum absolute atomic E-state index is 0.118. The number of fused-ring (bicyclic) bond motifs is 4. The van der Waals surface area contributed by atoms with Crippen molar-refractivity contribution >= 4 is 40.7 Å². The molecule has 1 aromatic carbocycles. The number of nitrogens with one attached hydrogen (secondary N) is 3. The van der Waals surface area contributed by atoms with Gasteiger partial charge in [0.2, 0.25) is 11.5 Å². The molecule has 5 rings (SSSR count). The van der Waals surface area contributed by atoms with Crippen LogP contribution in [0.25, 0.3) is 17.0 Å². The number of hydrogen-bond donors (Lipinski definition) is 3. The molecule has 5 unspecified atom stereocenters. The topological polar surface area (TPSA) is 148 Å². The van der Waals surface area contributed by atoms with Crippen molar-refractivity contribution < 1.29 is 33.4 Å². The molecule has 5 atom stereocenters. The standard InChI is InChI=1S/C33H43N5O7/c1-19(2)27-29(40)35-21(4)30(41)38-15-7-8-25(37-38)28(39)34-20(3)24-12-11-23-10-9-22(16-26(23)36-24)13-14-33(31(42)45-27)18-43-32(5,6)17-44-33/h9-14,16,19-21,25,27,37H,7-8,15,17-18H2,1-6H3,(H,34,39)(H,35,40). The van der Waals surface area contributed by atoms with Crippen molar-refractivity contribution in [3.05, 3.63) is 47.7 Å². The summed E-state index contributed by atoms with van der Waals surface area (Å²) in [5, 5.41) is 7.99. The van der Waals surface area contributed by atoms with Gasteiger partial charge in [0.05, 0.1) is 36.1 Å². The van der Waals surface area contributed by atoms with Crippen molar-refractivity contribution in [2.75, 3.05) is 19.8 Å². The van der Waals surface area contributed by atoms with E-state index in [0.717, 1.165) is 10.9 Å². The third-order valence-electron chi connectivity index (χ3n) is 8.38. The van der Waals surface area contributed by atoms with Crippen LogP contribution in [-0.2, 0) is 33.4 Å². The highest BCUT2D eigenvalue weighted by Gasteiger charge is 2.47. The molecule has 0 radical (unpaired) electrons. The van der Waals surface area contributed by atoms with Crippen LogP contribution in [0.1, 0.15) is 71.7 Å².